The van der Waals surface area contributed by atoms with Crippen molar-refractivity contribution in [3.63, 3.8) is 0 Å². The Kier molecular flexibility index (Phi) is 8.09. The second kappa shape index (κ2) is 10.5. The fourth-order valence-corrected chi connectivity index (χ4v) is 2.90. The highest BCUT2D eigenvalue weighted by Gasteiger charge is 2.21. The van der Waals surface area contributed by atoms with Crippen molar-refractivity contribution in [3.05, 3.63) is 64.4 Å². The molecular formula is C19H20BrN3O5. The van der Waals surface area contributed by atoms with Gasteiger partial charge in [0.25, 0.3) is 5.91 Å². The number of piperazine rings is 1. The third-order valence-corrected chi connectivity index (χ3v) is 4.62. The summed E-state index contributed by atoms with van der Waals surface area (Å²) in [6.45, 7) is 4.31. The molecule has 0 spiro atoms. The number of nitrogens with zero attached hydrogens (tertiary/aromatic N) is 3. The van der Waals surface area contributed by atoms with Gasteiger partial charge >= 0.3 is 11.9 Å². The Morgan fingerprint density at radius 1 is 0.893 bits per heavy atom. The molecule has 0 atom stereocenters. The Bertz CT molecular complexity index is 794. The van der Waals surface area contributed by atoms with Gasteiger partial charge in [-0.1, -0.05) is 28.1 Å². The van der Waals surface area contributed by atoms with E-state index in [1.807, 2.05) is 4.90 Å². The fraction of sp³-hybridized carbons (Fsp3) is 0.263. The van der Waals surface area contributed by atoms with Gasteiger partial charge in [-0.2, -0.15) is 0 Å². The summed E-state index contributed by atoms with van der Waals surface area (Å²) in [7, 11) is 0. The predicted molar refractivity (Wildman–Crippen MR) is 105 cm³/mol. The van der Waals surface area contributed by atoms with Crippen LogP contribution in [0.4, 0.5) is 0 Å². The zero-order valence-corrected chi connectivity index (χ0v) is 16.6. The molecule has 0 bridgehead atoms. The third-order valence-electron chi connectivity index (χ3n) is 4.09. The van der Waals surface area contributed by atoms with Crippen LogP contribution in [0, 0.1) is 0 Å². The molecule has 1 fully saturated rings. The van der Waals surface area contributed by atoms with Gasteiger partial charge in [0.15, 0.2) is 0 Å². The lowest BCUT2D eigenvalue weighted by Gasteiger charge is -2.34. The van der Waals surface area contributed by atoms with Crippen molar-refractivity contribution in [3.8, 4) is 0 Å². The molecule has 148 valence electrons. The van der Waals surface area contributed by atoms with Crippen molar-refractivity contribution < 1.29 is 24.6 Å². The first-order chi connectivity index (χ1) is 13.4. The number of carbonyl (C=O) groups excluding carboxylic acids is 1. The molecule has 0 radical (unpaired) electrons. The van der Waals surface area contributed by atoms with E-state index in [2.05, 4.69) is 50.1 Å². The van der Waals surface area contributed by atoms with Crippen molar-refractivity contribution in [1.82, 2.24) is 14.8 Å². The predicted octanol–water partition coefficient (Wildman–Crippen LogP) is 1.96. The molecule has 1 aromatic carbocycles. The molecule has 0 saturated carbocycles. The zero-order chi connectivity index (χ0) is 20.5. The number of aliphatic carboxylic acids is 2. The number of aromatic nitrogens is 1. The van der Waals surface area contributed by atoms with Crippen molar-refractivity contribution in [2.75, 3.05) is 26.2 Å². The first-order valence-corrected chi connectivity index (χ1v) is 9.28. The highest BCUT2D eigenvalue weighted by atomic mass is 79.9. The van der Waals surface area contributed by atoms with Crippen molar-refractivity contribution in [2.24, 2.45) is 0 Å². The van der Waals surface area contributed by atoms with E-state index in [0.717, 1.165) is 42.8 Å². The number of carboxylic acids is 2. The van der Waals surface area contributed by atoms with E-state index in [-0.39, 0.29) is 5.91 Å². The van der Waals surface area contributed by atoms with E-state index in [0.29, 0.717) is 0 Å². The van der Waals surface area contributed by atoms with Crippen LogP contribution in [0.1, 0.15) is 15.9 Å². The van der Waals surface area contributed by atoms with Gasteiger partial charge in [-0.15, -0.1) is 0 Å². The lowest BCUT2D eigenvalue weighted by Crippen LogP contribution is -2.48. The van der Waals surface area contributed by atoms with Gasteiger partial charge < -0.3 is 15.1 Å². The second-order valence-corrected chi connectivity index (χ2v) is 6.96. The number of carbonyl (C=O) groups is 3. The maximum absolute atomic E-state index is 12.4. The molecule has 1 aliphatic heterocycles. The van der Waals surface area contributed by atoms with Crippen LogP contribution in [-0.2, 0) is 16.1 Å². The lowest BCUT2D eigenvalue weighted by molar-refractivity contribution is -0.159. The van der Waals surface area contributed by atoms with E-state index < -0.39 is 11.9 Å². The molecule has 9 heteroatoms. The molecule has 1 aromatic heterocycles. The Morgan fingerprint density at radius 2 is 1.43 bits per heavy atom. The van der Waals surface area contributed by atoms with Crippen LogP contribution < -0.4 is 0 Å². The number of amides is 1. The van der Waals surface area contributed by atoms with Crippen molar-refractivity contribution >= 4 is 33.8 Å². The molecule has 8 nitrogen and oxygen atoms in total. The Hall–Kier alpha value is -2.78. The summed E-state index contributed by atoms with van der Waals surface area (Å²) < 4.78 is 1.10. The second-order valence-electron chi connectivity index (χ2n) is 6.04. The summed E-state index contributed by atoms with van der Waals surface area (Å²) in [5, 5.41) is 14.8. The fourth-order valence-electron chi connectivity index (χ4n) is 2.63. The summed E-state index contributed by atoms with van der Waals surface area (Å²) in [4.78, 5) is 38.8. The highest BCUT2D eigenvalue weighted by molar-refractivity contribution is 9.10. The first-order valence-electron chi connectivity index (χ1n) is 8.49. The largest absolute Gasteiger partial charge is 0.473 e. The molecule has 1 saturated heterocycles. The highest BCUT2D eigenvalue weighted by Crippen LogP contribution is 2.14. The molecule has 0 unspecified atom stereocenters. The topological polar surface area (TPSA) is 111 Å². The Balaban J connectivity index is 0.000000409. The molecule has 2 N–H and O–H groups in total. The number of halogens is 1. The van der Waals surface area contributed by atoms with Gasteiger partial charge in [-0.3, -0.25) is 14.7 Å². The van der Waals surface area contributed by atoms with E-state index in [1.54, 1.807) is 24.5 Å². The monoisotopic (exact) mass is 449 g/mol. The minimum absolute atomic E-state index is 0.102. The maximum Gasteiger partial charge on any atom is 0.414 e. The molecule has 28 heavy (non-hydrogen) atoms. The lowest BCUT2D eigenvalue weighted by atomic mass is 10.2. The van der Waals surface area contributed by atoms with Crippen LogP contribution in [0.5, 0.6) is 0 Å². The van der Waals surface area contributed by atoms with E-state index in [1.165, 1.54) is 5.56 Å². The zero-order valence-electron chi connectivity index (χ0n) is 15.0. The Labute approximate surface area is 170 Å². The smallest absolute Gasteiger partial charge is 0.414 e. The first kappa shape index (κ1) is 21.5. The Morgan fingerprint density at radius 3 is 1.93 bits per heavy atom. The van der Waals surface area contributed by atoms with Crippen molar-refractivity contribution in [2.45, 2.75) is 6.54 Å². The molecule has 0 aliphatic carbocycles. The SMILES string of the molecule is O=C(O)C(=O)O.O=C(c1ccncc1)N1CCN(Cc2ccc(Br)cc2)CC1. The molecule has 1 aliphatic rings. The van der Waals surface area contributed by atoms with Crippen LogP contribution >= 0.6 is 15.9 Å². The number of benzene rings is 1. The molecule has 2 heterocycles. The summed E-state index contributed by atoms with van der Waals surface area (Å²) in [5.41, 5.74) is 2.02. The van der Waals surface area contributed by atoms with Gasteiger partial charge in [0, 0.05) is 55.2 Å². The van der Waals surface area contributed by atoms with Crippen LogP contribution in [0.15, 0.2) is 53.3 Å². The van der Waals surface area contributed by atoms with Gasteiger partial charge in [0.05, 0.1) is 0 Å². The summed E-state index contributed by atoms with van der Waals surface area (Å²) in [6, 6.07) is 12.0. The number of hydrogen-bond donors (Lipinski definition) is 2. The number of pyridine rings is 1. The summed E-state index contributed by atoms with van der Waals surface area (Å²) in [5.74, 6) is -3.55. The molecular weight excluding hydrogens is 430 g/mol. The van der Waals surface area contributed by atoms with Crippen molar-refractivity contribution in [1.29, 1.82) is 0 Å². The molecule has 3 rings (SSSR count). The minimum Gasteiger partial charge on any atom is -0.473 e. The third kappa shape index (κ3) is 6.75. The molecule has 1 amide bonds. The summed E-state index contributed by atoms with van der Waals surface area (Å²) in [6.07, 6.45) is 3.33. The normalized spacial score (nSPS) is 14.0. The van der Waals surface area contributed by atoms with E-state index in [4.69, 9.17) is 19.8 Å². The minimum atomic E-state index is -1.82. The average molecular weight is 450 g/mol. The number of hydrogen-bond acceptors (Lipinski definition) is 5. The van der Waals surface area contributed by atoms with Gasteiger partial charge in [0.1, 0.15) is 0 Å². The number of carboxylic acid groups (broad SMARTS) is 2. The van der Waals surface area contributed by atoms with Gasteiger partial charge in [-0.25, -0.2) is 9.59 Å². The van der Waals surface area contributed by atoms with Crippen LogP contribution in [0.2, 0.25) is 0 Å². The van der Waals surface area contributed by atoms with Crippen LogP contribution in [0.25, 0.3) is 0 Å². The van der Waals surface area contributed by atoms with Gasteiger partial charge in [0.2, 0.25) is 0 Å². The maximum atomic E-state index is 12.4. The molecule has 2 aromatic rings. The number of rotatable bonds is 3. The average Bonchev–Trinajstić information content (AvgIpc) is 2.71. The summed E-state index contributed by atoms with van der Waals surface area (Å²) >= 11 is 3.45. The van der Waals surface area contributed by atoms with Crippen LogP contribution in [0.3, 0.4) is 0 Å². The van der Waals surface area contributed by atoms with E-state index in [9.17, 15) is 4.79 Å². The standard InChI is InChI=1S/C17H18BrN3O.C2H2O4/c18-16-3-1-14(2-4-16)13-20-9-11-21(12-10-20)17(22)15-5-7-19-8-6-15;3-1(4)2(5)6/h1-8H,9-13H2;(H,3,4)(H,5,6). The van der Waals surface area contributed by atoms with Crippen LogP contribution in [-0.4, -0.2) is 69.0 Å². The van der Waals surface area contributed by atoms with Gasteiger partial charge in [-0.05, 0) is 29.8 Å². The quantitative estimate of drug-likeness (QED) is 0.688. The van der Waals surface area contributed by atoms with E-state index >= 15 is 0 Å².